The van der Waals surface area contributed by atoms with Crippen LogP contribution in [0.4, 0.5) is 13.2 Å². The van der Waals surface area contributed by atoms with Crippen molar-refractivity contribution in [2.24, 2.45) is 0 Å². The summed E-state index contributed by atoms with van der Waals surface area (Å²) in [5.41, 5.74) is 1.28. The third kappa shape index (κ3) is 4.22. The van der Waals surface area contributed by atoms with Crippen LogP contribution < -0.4 is 10.1 Å². The maximum absolute atomic E-state index is 12.3. The van der Waals surface area contributed by atoms with Crippen LogP contribution >= 0.6 is 0 Å². The molecule has 0 spiro atoms. The van der Waals surface area contributed by atoms with E-state index < -0.39 is 18.7 Å². The van der Waals surface area contributed by atoms with Crippen molar-refractivity contribution in [3.63, 3.8) is 0 Å². The Morgan fingerprint density at radius 2 is 2.12 bits per heavy atom. The Kier molecular flexibility index (Phi) is 4.50. The highest BCUT2D eigenvalue weighted by Gasteiger charge is 2.29. The summed E-state index contributed by atoms with van der Waals surface area (Å²) in [5, 5.41) is 10.2. The molecule has 3 aromatic rings. The zero-order chi connectivity index (χ0) is 17.9. The van der Waals surface area contributed by atoms with Crippen LogP contribution in [0.5, 0.6) is 5.88 Å². The second-order valence-electron chi connectivity index (χ2n) is 5.07. The minimum Gasteiger partial charge on any atom is -0.468 e. The summed E-state index contributed by atoms with van der Waals surface area (Å²) in [6, 6.07) is 6.28. The van der Waals surface area contributed by atoms with Crippen LogP contribution in [0, 0.1) is 0 Å². The van der Waals surface area contributed by atoms with Gasteiger partial charge < -0.3 is 10.1 Å². The number of halogens is 3. The van der Waals surface area contributed by atoms with Crippen molar-refractivity contribution in [1.82, 2.24) is 24.9 Å². The van der Waals surface area contributed by atoms with E-state index in [0.717, 1.165) is 0 Å². The second kappa shape index (κ2) is 6.75. The Bertz CT molecular complexity index is 894. The quantitative estimate of drug-likeness (QED) is 0.760. The van der Waals surface area contributed by atoms with E-state index in [0.29, 0.717) is 16.8 Å². The maximum atomic E-state index is 12.3. The third-order valence-corrected chi connectivity index (χ3v) is 3.22. The van der Waals surface area contributed by atoms with E-state index >= 15 is 0 Å². The number of pyridine rings is 2. The fraction of sp³-hybridized carbons (Fsp3) is 0.200. The van der Waals surface area contributed by atoms with Gasteiger partial charge in [0.2, 0.25) is 5.88 Å². The molecular weight excluding hydrogens is 339 g/mol. The zero-order valence-electron chi connectivity index (χ0n) is 12.7. The van der Waals surface area contributed by atoms with Crippen molar-refractivity contribution in [2.75, 3.05) is 6.61 Å². The van der Waals surface area contributed by atoms with Gasteiger partial charge in [-0.3, -0.25) is 9.20 Å². The molecule has 0 saturated carbocycles. The number of hydrogen-bond acceptors (Lipinski definition) is 5. The normalized spacial score (nSPS) is 11.5. The number of nitrogens with one attached hydrogen (secondary N) is 1. The van der Waals surface area contributed by atoms with E-state index in [1.54, 1.807) is 28.8 Å². The molecule has 130 valence electrons. The van der Waals surface area contributed by atoms with Gasteiger partial charge in [0, 0.05) is 24.5 Å². The van der Waals surface area contributed by atoms with Crippen molar-refractivity contribution in [1.29, 1.82) is 0 Å². The lowest BCUT2D eigenvalue weighted by Gasteiger charge is -2.12. The molecule has 0 atom stereocenters. The fourth-order valence-corrected chi connectivity index (χ4v) is 2.08. The number of carbonyl (C=O) groups is 1. The highest BCUT2D eigenvalue weighted by atomic mass is 19.4. The zero-order valence-corrected chi connectivity index (χ0v) is 12.7. The van der Waals surface area contributed by atoms with Crippen molar-refractivity contribution in [3.8, 4) is 5.88 Å². The van der Waals surface area contributed by atoms with Crippen LogP contribution in [0.25, 0.3) is 5.65 Å². The molecule has 7 nitrogen and oxygen atoms in total. The van der Waals surface area contributed by atoms with Crippen LogP contribution in [0.1, 0.15) is 15.9 Å². The van der Waals surface area contributed by atoms with Crippen LogP contribution in [0.2, 0.25) is 0 Å². The Morgan fingerprint density at radius 1 is 1.28 bits per heavy atom. The van der Waals surface area contributed by atoms with Gasteiger partial charge in [-0.05, 0) is 18.2 Å². The lowest BCUT2D eigenvalue weighted by Crippen LogP contribution is -2.24. The van der Waals surface area contributed by atoms with Gasteiger partial charge in [-0.15, -0.1) is 10.2 Å². The van der Waals surface area contributed by atoms with E-state index in [9.17, 15) is 18.0 Å². The van der Waals surface area contributed by atoms with Gasteiger partial charge in [-0.1, -0.05) is 6.07 Å². The third-order valence-electron chi connectivity index (χ3n) is 3.22. The molecule has 3 rings (SSSR count). The summed E-state index contributed by atoms with van der Waals surface area (Å²) in [6.07, 6.45) is -0.144. The van der Waals surface area contributed by atoms with Crippen molar-refractivity contribution in [3.05, 3.63) is 54.1 Å². The maximum Gasteiger partial charge on any atom is 0.422 e. The van der Waals surface area contributed by atoms with Gasteiger partial charge in [0.15, 0.2) is 12.3 Å². The van der Waals surface area contributed by atoms with Crippen LogP contribution in [0.3, 0.4) is 0 Å². The van der Waals surface area contributed by atoms with E-state index in [-0.39, 0.29) is 12.4 Å². The molecule has 1 amide bonds. The topological polar surface area (TPSA) is 81.4 Å². The van der Waals surface area contributed by atoms with Gasteiger partial charge in [0.1, 0.15) is 6.33 Å². The minimum absolute atomic E-state index is 0.0277. The largest absolute Gasteiger partial charge is 0.468 e. The van der Waals surface area contributed by atoms with Gasteiger partial charge in [0.05, 0.1) is 5.56 Å². The average molecular weight is 351 g/mol. The molecule has 3 aromatic heterocycles. The second-order valence-corrected chi connectivity index (χ2v) is 5.07. The number of nitrogens with zero attached hydrogens (tertiary/aromatic N) is 4. The van der Waals surface area contributed by atoms with Crippen LogP contribution in [-0.2, 0) is 6.54 Å². The van der Waals surface area contributed by atoms with Crippen LogP contribution in [-0.4, -0.2) is 38.3 Å². The molecule has 0 aliphatic heterocycles. The molecule has 0 bridgehead atoms. The van der Waals surface area contributed by atoms with Gasteiger partial charge >= 0.3 is 6.18 Å². The average Bonchev–Trinajstić information content (AvgIpc) is 3.05. The minimum atomic E-state index is -4.47. The van der Waals surface area contributed by atoms with Crippen LogP contribution in [0.15, 0.2) is 43.0 Å². The standard InChI is InChI=1S/C15H12F3N5O2/c16-15(17,18)8-25-14-10(2-1-5-19-14)6-20-13(24)11-3-4-12-22-21-9-23(12)7-11/h1-5,7,9H,6,8H2,(H,20,24). The molecule has 1 N–H and O–H groups in total. The SMILES string of the molecule is O=C(NCc1cccnc1OCC(F)(F)F)c1ccc2nncn2c1. The molecule has 0 radical (unpaired) electrons. The number of aromatic nitrogens is 4. The van der Waals surface area contributed by atoms with Crippen molar-refractivity contribution < 1.29 is 22.7 Å². The summed E-state index contributed by atoms with van der Waals surface area (Å²) in [7, 11) is 0. The molecule has 0 fully saturated rings. The predicted octanol–water partition coefficient (Wildman–Crippen LogP) is 2.00. The van der Waals surface area contributed by atoms with Gasteiger partial charge in [-0.25, -0.2) is 4.98 Å². The first kappa shape index (κ1) is 16.7. The summed E-state index contributed by atoms with van der Waals surface area (Å²) < 4.78 is 43.1. The molecule has 25 heavy (non-hydrogen) atoms. The lowest BCUT2D eigenvalue weighted by atomic mass is 10.2. The number of ether oxygens (including phenoxy) is 1. The molecule has 0 aliphatic rings. The number of hydrogen-bond donors (Lipinski definition) is 1. The first-order valence-electron chi connectivity index (χ1n) is 7.13. The Hall–Kier alpha value is -3.17. The number of fused-ring (bicyclic) bond motifs is 1. The summed E-state index contributed by atoms with van der Waals surface area (Å²) >= 11 is 0. The van der Waals surface area contributed by atoms with E-state index in [4.69, 9.17) is 0 Å². The number of alkyl halides is 3. The molecule has 0 saturated heterocycles. The number of carbonyl (C=O) groups excluding carboxylic acids is 1. The van der Waals surface area contributed by atoms with Crippen molar-refractivity contribution >= 4 is 11.6 Å². The molecule has 0 aliphatic carbocycles. The Morgan fingerprint density at radius 3 is 2.92 bits per heavy atom. The number of rotatable bonds is 5. The van der Waals surface area contributed by atoms with E-state index in [2.05, 4.69) is 25.2 Å². The molecule has 0 unspecified atom stereocenters. The molecule has 0 aromatic carbocycles. The lowest BCUT2D eigenvalue weighted by molar-refractivity contribution is -0.154. The molecule has 3 heterocycles. The van der Waals surface area contributed by atoms with Gasteiger partial charge in [0.25, 0.3) is 5.91 Å². The Labute approximate surface area is 139 Å². The molecule has 10 heteroatoms. The summed E-state index contributed by atoms with van der Waals surface area (Å²) in [4.78, 5) is 16.0. The van der Waals surface area contributed by atoms with E-state index in [1.807, 2.05) is 0 Å². The highest BCUT2D eigenvalue weighted by molar-refractivity contribution is 5.94. The summed E-state index contributed by atoms with van der Waals surface area (Å²) in [5.74, 6) is -0.574. The number of amides is 1. The highest BCUT2D eigenvalue weighted by Crippen LogP contribution is 2.20. The van der Waals surface area contributed by atoms with Crippen molar-refractivity contribution in [2.45, 2.75) is 12.7 Å². The molecular formula is C15H12F3N5O2. The Balaban J connectivity index is 1.67. The first-order valence-corrected chi connectivity index (χ1v) is 7.13. The predicted molar refractivity (Wildman–Crippen MR) is 79.9 cm³/mol. The fourth-order valence-electron chi connectivity index (χ4n) is 2.08. The summed E-state index contributed by atoms with van der Waals surface area (Å²) in [6.45, 7) is -1.48. The van der Waals surface area contributed by atoms with Gasteiger partial charge in [-0.2, -0.15) is 13.2 Å². The smallest absolute Gasteiger partial charge is 0.422 e. The monoisotopic (exact) mass is 351 g/mol. The van der Waals surface area contributed by atoms with E-state index in [1.165, 1.54) is 18.6 Å². The first-order chi connectivity index (χ1) is 11.9.